The van der Waals surface area contributed by atoms with Crippen molar-refractivity contribution in [3.63, 3.8) is 0 Å². The molecule has 0 amide bonds. The van der Waals surface area contributed by atoms with E-state index in [1.165, 1.54) is 35.2 Å². The molecule has 14 heavy (non-hydrogen) atoms. The molecular weight excluding hydrogens is 170 g/mol. The fourth-order valence-corrected chi connectivity index (χ4v) is 1.94. The largest absolute Gasteiger partial charge is 0.385 e. The van der Waals surface area contributed by atoms with Gasteiger partial charge in [-0.25, -0.2) is 0 Å². The van der Waals surface area contributed by atoms with Crippen molar-refractivity contribution in [2.45, 2.75) is 40.5 Å². The first-order chi connectivity index (χ1) is 6.69. The molecule has 1 aromatic rings. The Hall–Kier alpha value is -0.980. The van der Waals surface area contributed by atoms with Crippen molar-refractivity contribution < 1.29 is 0 Å². The molecule has 0 unspecified atom stereocenters. The molecule has 0 bridgehead atoms. The summed E-state index contributed by atoms with van der Waals surface area (Å²) >= 11 is 0. The first-order valence-corrected chi connectivity index (χ1v) is 5.53. The fourth-order valence-electron chi connectivity index (χ4n) is 1.94. The molecule has 1 heteroatoms. The molecule has 0 fully saturated rings. The second-order valence-corrected chi connectivity index (χ2v) is 3.88. The number of anilines is 1. The molecule has 78 valence electrons. The Kier molecular flexibility index (Phi) is 3.99. The predicted molar refractivity (Wildman–Crippen MR) is 64.1 cm³/mol. The highest BCUT2D eigenvalue weighted by Gasteiger charge is 2.03. The Bertz CT molecular complexity index is 279. The highest BCUT2D eigenvalue weighted by atomic mass is 14.9. The lowest BCUT2D eigenvalue weighted by atomic mass is 10.0. The van der Waals surface area contributed by atoms with Gasteiger partial charge in [-0.2, -0.15) is 0 Å². The molecule has 1 N–H and O–H groups in total. The first kappa shape index (κ1) is 11.1. The number of benzene rings is 1. The maximum absolute atomic E-state index is 3.41. The van der Waals surface area contributed by atoms with Gasteiger partial charge in [0.2, 0.25) is 0 Å². The van der Waals surface area contributed by atoms with E-state index in [9.17, 15) is 0 Å². The van der Waals surface area contributed by atoms with Gasteiger partial charge >= 0.3 is 0 Å². The molecule has 1 aromatic carbocycles. The highest BCUT2D eigenvalue weighted by Crippen LogP contribution is 2.22. The van der Waals surface area contributed by atoms with Crippen LogP contribution in [-0.4, -0.2) is 6.54 Å². The Morgan fingerprint density at radius 1 is 1.07 bits per heavy atom. The van der Waals surface area contributed by atoms with E-state index in [1.54, 1.807) is 0 Å². The Balaban J connectivity index is 2.98. The number of nitrogens with one attached hydrogen (secondary N) is 1. The maximum atomic E-state index is 3.41. The Morgan fingerprint density at radius 2 is 1.64 bits per heavy atom. The summed E-state index contributed by atoms with van der Waals surface area (Å²) in [7, 11) is 0. The summed E-state index contributed by atoms with van der Waals surface area (Å²) in [6.07, 6.45) is 2.41. The summed E-state index contributed by atoms with van der Waals surface area (Å²) in [4.78, 5) is 0. The third kappa shape index (κ3) is 2.50. The van der Waals surface area contributed by atoms with Crippen LogP contribution in [0.15, 0.2) is 12.1 Å². The summed E-state index contributed by atoms with van der Waals surface area (Å²) in [6, 6.07) is 4.60. The van der Waals surface area contributed by atoms with Crippen LogP contribution in [0.25, 0.3) is 0 Å². The average Bonchev–Trinajstić information content (AvgIpc) is 2.12. The second kappa shape index (κ2) is 5.04. The second-order valence-electron chi connectivity index (χ2n) is 3.88. The summed E-state index contributed by atoms with van der Waals surface area (Å²) in [5.74, 6) is 0. The SMILES string of the molecule is CCCc1cc(C)c(NCC)c(C)c1. The van der Waals surface area contributed by atoms with Crippen LogP contribution in [0.4, 0.5) is 5.69 Å². The van der Waals surface area contributed by atoms with E-state index >= 15 is 0 Å². The van der Waals surface area contributed by atoms with Gasteiger partial charge in [-0.1, -0.05) is 25.5 Å². The van der Waals surface area contributed by atoms with E-state index in [0.29, 0.717) is 0 Å². The quantitative estimate of drug-likeness (QED) is 0.765. The van der Waals surface area contributed by atoms with Crippen LogP contribution in [0.3, 0.4) is 0 Å². The van der Waals surface area contributed by atoms with Crippen LogP contribution >= 0.6 is 0 Å². The van der Waals surface area contributed by atoms with Crippen LogP contribution in [0.2, 0.25) is 0 Å². The monoisotopic (exact) mass is 191 g/mol. The molecule has 0 heterocycles. The van der Waals surface area contributed by atoms with Gasteiger partial charge in [-0.05, 0) is 43.9 Å². The Morgan fingerprint density at radius 3 is 2.07 bits per heavy atom. The minimum absolute atomic E-state index is 0.995. The molecule has 0 aromatic heterocycles. The van der Waals surface area contributed by atoms with Crippen molar-refractivity contribution in [1.29, 1.82) is 0 Å². The van der Waals surface area contributed by atoms with Crippen LogP contribution < -0.4 is 5.32 Å². The van der Waals surface area contributed by atoms with Gasteiger partial charge in [0, 0.05) is 12.2 Å². The highest BCUT2D eigenvalue weighted by molar-refractivity contribution is 5.58. The van der Waals surface area contributed by atoms with Gasteiger partial charge < -0.3 is 5.32 Å². The van der Waals surface area contributed by atoms with E-state index in [1.807, 2.05) is 0 Å². The zero-order chi connectivity index (χ0) is 10.6. The standard InChI is InChI=1S/C13H21N/c1-5-7-12-8-10(3)13(14-6-2)11(4)9-12/h8-9,14H,5-7H2,1-4H3. The van der Waals surface area contributed by atoms with Crippen LogP contribution in [0.1, 0.15) is 37.0 Å². The van der Waals surface area contributed by atoms with E-state index in [2.05, 4.69) is 45.1 Å². The molecule has 0 aliphatic carbocycles. The van der Waals surface area contributed by atoms with Crippen molar-refractivity contribution in [2.75, 3.05) is 11.9 Å². The van der Waals surface area contributed by atoms with Gasteiger partial charge in [0.25, 0.3) is 0 Å². The lowest BCUT2D eigenvalue weighted by molar-refractivity contribution is 0.918. The number of hydrogen-bond acceptors (Lipinski definition) is 1. The van der Waals surface area contributed by atoms with Crippen LogP contribution in [0.5, 0.6) is 0 Å². The third-order valence-electron chi connectivity index (χ3n) is 2.48. The molecule has 0 saturated carbocycles. The van der Waals surface area contributed by atoms with Gasteiger partial charge in [-0.3, -0.25) is 0 Å². The number of hydrogen-bond donors (Lipinski definition) is 1. The van der Waals surface area contributed by atoms with Crippen LogP contribution in [-0.2, 0) is 6.42 Å². The molecule has 0 saturated heterocycles. The zero-order valence-electron chi connectivity index (χ0n) is 9.78. The molecule has 1 nitrogen and oxygen atoms in total. The summed E-state index contributed by atoms with van der Waals surface area (Å²) in [5, 5.41) is 3.41. The maximum Gasteiger partial charge on any atom is 0.0399 e. The summed E-state index contributed by atoms with van der Waals surface area (Å²) in [6.45, 7) is 9.73. The van der Waals surface area contributed by atoms with Crippen LogP contribution in [0, 0.1) is 13.8 Å². The van der Waals surface area contributed by atoms with Gasteiger partial charge in [0.05, 0.1) is 0 Å². The lowest BCUT2D eigenvalue weighted by Gasteiger charge is -2.13. The van der Waals surface area contributed by atoms with E-state index < -0.39 is 0 Å². The topological polar surface area (TPSA) is 12.0 Å². The molecule has 0 aliphatic heterocycles. The minimum atomic E-state index is 0.995. The zero-order valence-corrected chi connectivity index (χ0v) is 9.78. The fraction of sp³-hybridized carbons (Fsp3) is 0.538. The predicted octanol–water partition coefficient (Wildman–Crippen LogP) is 3.69. The molecule has 0 aliphatic rings. The smallest absolute Gasteiger partial charge is 0.0399 e. The van der Waals surface area contributed by atoms with Crippen molar-refractivity contribution >= 4 is 5.69 Å². The van der Waals surface area contributed by atoms with Crippen molar-refractivity contribution in [3.8, 4) is 0 Å². The molecule has 0 radical (unpaired) electrons. The summed E-state index contributed by atoms with van der Waals surface area (Å²) in [5.41, 5.74) is 5.52. The average molecular weight is 191 g/mol. The molecule has 1 rings (SSSR count). The van der Waals surface area contributed by atoms with Gasteiger partial charge in [0.1, 0.15) is 0 Å². The van der Waals surface area contributed by atoms with E-state index in [4.69, 9.17) is 0 Å². The van der Waals surface area contributed by atoms with Gasteiger partial charge in [0.15, 0.2) is 0 Å². The van der Waals surface area contributed by atoms with Crippen molar-refractivity contribution in [2.24, 2.45) is 0 Å². The van der Waals surface area contributed by atoms with Crippen molar-refractivity contribution in [3.05, 3.63) is 28.8 Å². The van der Waals surface area contributed by atoms with E-state index in [-0.39, 0.29) is 0 Å². The minimum Gasteiger partial charge on any atom is -0.385 e. The van der Waals surface area contributed by atoms with Gasteiger partial charge in [-0.15, -0.1) is 0 Å². The first-order valence-electron chi connectivity index (χ1n) is 5.53. The molecule has 0 spiro atoms. The normalized spacial score (nSPS) is 10.3. The number of rotatable bonds is 4. The van der Waals surface area contributed by atoms with Crippen molar-refractivity contribution in [1.82, 2.24) is 0 Å². The lowest BCUT2D eigenvalue weighted by Crippen LogP contribution is -2.02. The third-order valence-corrected chi connectivity index (χ3v) is 2.48. The number of aryl methyl sites for hydroxylation is 3. The summed E-state index contributed by atoms with van der Waals surface area (Å²) < 4.78 is 0. The van der Waals surface area contributed by atoms with E-state index in [0.717, 1.165) is 6.54 Å². The Labute approximate surface area is 87.5 Å². The molecular formula is C13H21N. The molecule has 0 atom stereocenters.